The Morgan fingerprint density at radius 1 is 1.48 bits per heavy atom. The molecule has 6 nitrogen and oxygen atoms in total. The van der Waals surface area contributed by atoms with E-state index in [1.807, 2.05) is 0 Å². The van der Waals surface area contributed by atoms with Crippen molar-refractivity contribution in [3.63, 3.8) is 0 Å². The summed E-state index contributed by atoms with van der Waals surface area (Å²) in [5.41, 5.74) is 0.419. The highest BCUT2D eigenvalue weighted by molar-refractivity contribution is 8.02. The molecule has 0 spiro atoms. The Labute approximate surface area is 156 Å². The quantitative estimate of drug-likeness (QED) is 0.570. The fourth-order valence-corrected chi connectivity index (χ4v) is 4.10. The van der Waals surface area contributed by atoms with Gasteiger partial charge in [0.1, 0.15) is 13.1 Å². The molecule has 0 bridgehead atoms. The van der Waals surface area contributed by atoms with Crippen LogP contribution >= 0.6 is 35.5 Å². The highest BCUT2D eigenvalue weighted by Crippen LogP contribution is 2.42. The minimum atomic E-state index is -4.51. The van der Waals surface area contributed by atoms with E-state index in [0.29, 0.717) is 17.2 Å². The molecule has 2 amide bonds. The molecule has 12 heteroatoms. The van der Waals surface area contributed by atoms with Gasteiger partial charge in [0.2, 0.25) is 17.7 Å². The van der Waals surface area contributed by atoms with Gasteiger partial charge < -0.3 is 15.0 Å². The minimum absolute atomic E-state index is 0. The maximum atomic E-state index is 12.1. The van der Waals surface area contributed by atoms with E-state index in [9.17, 15) is 22.8 Å². The lowest BCUT2D eigenvalue weighted by Gasteiger charge is -2.25. The molecule has 0 atom stereocenters. The Balaban J connectivity index is 0.00000312. The number of carbonyl (C=O) groups excluding carboxylic acids is 2. The summed E-state index contributed by atoms with van der Waals surface area (Å²) in [5.74, 6) is -1.24. The number of amides is 2. The van der Waals surface area contributed by atoms with E-state index in [2.05, 4.69) is 0 Å². The number of thioether (sulfide) groups is 1. The third-order valence-electron chi connectivity index (χ3n) is 2.90. The lowest BCUT2D eigenvalue weighted by Crippen LogP contribution is -2.45. The number of nitrogens with zero attached hydrogens (tertiary/aromatic N) is 1. The van der Waals surface area contributed by atoms with Gasteiger partial charge in [-0.2, -0.15) is 13.2 Å². The number of nitrogens with one attached hydrogen (secondary N) is 2. The Kier molecular flexibility index (Phi) is 7.57. The van der Waals surface area contributed by atoms with Crippen molar-refractivity contribution in [2.45, 2.75) is 17.3 Å². The number of ether oxygens (including phenoxy) is 1. The first-order valence-corrected chi connectivity index (χ1v) is 8.63. The van der Waals surface area contributed by atoms with Crippen molar-refractivity contribution >= 4 is 58.9 Å². The summed E-state index contributed by atoms with van der Waals surface area (Å²) in [7, 11) is 0. The predicted molar refractivity (Wildman–Crippen MR) is 92.2 cm³/mol. The second kappa shape index (κ2) is 8.77. The molecule has 0 saturated heterocycles. The van der Waals surface area contributed by atoms with E-state index in [0.717, 1.165) is 9.11 Å². The average Bonchev–Trinajstić information content (AvgIpc) is 2.92. The largest absolute Gasteiger partial charge is 0.477 e. The van der Waals surface area contributed by atoms with Crippen LogP contribution in [0.3, 0.4) is 0 Å². The van der Waals surface area contributed by atoms with Crippen LogP contribution in [0.4, 0.5) is 18.9 Å². The standard InChI is InChI=1S/C13H14F3N3O3S2.ClH/c1-2-22-11(17)8-3-7-12(24-8)23-5-10(21)19(7)4-9(20)18-6-13(14,15)16;/h3,17H,2,4-6H2,1H3,(H,18,20);1H. The van der Waals surface area contributed by atoms with Crippen LogP contribution in [0.5, 0.6) is 0 Å². The van der Waals surface area contributed by atoms with Crippen LogP contribution in [-0.4, -0.2) is 49.3 Å². The van der Waals surface area contributed by atoms with Gasteiger partial charge in [0.05, 0.1) is 27.1 Å². The van der Waals surface area contributed by atoms with Crippen LogP contribution in [0.25, 0.3) is 0 Å². The van der Waals surface area contributed by atoms with E-state index in [1.165, 1.54) is 23.1 Å². The van der Waals surface area contributed by atoms with Gasteiger partial charge in [-0.15, -0.1) is 35.5 Å². The molecule has 2 N–H and O–H groups in total. The molecule has 25 heavy (non-hydrogen) atoms. The second-order valence-electron chi connectivity index (χ2n) is 4.71. The number of fused-ring (bicyclic) bond motifs is 1. The van der Waals surface area contributed by atoms with Crippen LogP contribution in [-0.2, 0) is 14.3 Å². The van der Waals surface area contributed by atoms with Gasteiger partial charge >= 0.3 is 6.18 Å². The Morgan fingerprint density at radius 2 is 2.16 bits per heavy atom. The number of halogens is 4. The molecular formula is C13H15ClF3N3O3S2. The van der Waals surface area contributed by atoms with Crippen molar-refractivity contribution in [3.8, 4) is 0 Å². The number of thiophene rings is 1. The van der Waals surface area contributed by atoms with Crippen LogP contribution < -0.4 is 10.2 Å². The molecule has 2 rings (SSSR count). The van der Waals surface area contributed by atoms with Crippen LogP contribution in [0.2, 0.25) is 0 Å². The summed E-state index contributed by atoms with van der Waals surface area (Å²) >= 11 is 2.51. The van der Waals surface area contributed by atoms with Gasteiger partial charge in [-0.05, 0) is 13.0 Å². The monoisotopic (exact) mass is 417 g/mol. The Hall–Kier alpha value is -1.46. The van der Waals surface area contributed by atoms with E-state index in [1.54, 1.807) is 18.3 Å². The molecule has 0 radical (unpaired) electrons. The number of alkyl halides is 3. The van der Waals surface area contributed by atoms with Gasteiger partial charge in [0.25, 0.3) is 0 Å². The van der Waals surface area contributed by atoms with Crippen molar-refractivity contribution in [2.75, 3.05) is 30.3 Å². The van der Waals surface area contributed by atoms with Crippen LogP contribution in [0, 0.1) is 5.41 Å². The summed E-state index contributed by atoms with van der Waals surface area (Å²) in [6.07, 6.45) is -4.51. The molecule has 0 aromatic carbocycles. The smallest absolute Gasteiger partial charge is 0.405 e. The van der Waals surface area contributed by atoms with Crippen LogP contribution in [0.1, 0.15) is 11.8 Å². The summed E-state index contributed by atoms with van der Waals surface area (Å²) in [6.45, 7) is 0.106. The first kappa shape index (κ1) is 21.6. The van der Waals surface area contributed by atoms with Crippen molar-refractivity contribution in [1.29, 1.82) is 5.41 Å². The molecule has 0 unspecified atom stereocenters. The minimum Gasteiger partial charge on any atom is -0.477 e. The van der Waals surface area contributed by atoms with Crippen molar-refractivity contribution < 1.29 is 27.5 Å². The van der Waals surface area contributed by atoms with E-state index in [-0.39, 0.29) is 30.0 Å². The van der Waals surface area contributed by atoms with Crippen LogP contribution in [0.15, 0.2) is 10.3 Å². The normalized spacial score (nSPS) is 13.8. The first-order chi connectivity index (χ1) is 11.2. The molecule has 1 aliphatic rings. The summed E-state index contributed by atoms with van der Waals surface area (Å²) in [4.78, 5) is 25.3. The third-order valence-corrected chi connectivity index (χ3v) is 5.28. The highest BCUT2D eigenvalue weighted by atomic mass is 35.5. The maximum absolute atomic E-state index is 12.1. The molecule has 0 fully saturated rings. The van der Waals surface area contributed by atoms with Gasteiger partial charge in [0, 0.05) is 0 Å². The van der Waals surface area contributed by atoms with E-state index in [4.69, 9.17) is 10.1 Å². The third kappa shape index (κ3) is 5.79. The zero-order chi connectivity index (χ0) is 17.9. The van der Waals surface area contributed by atoms with E-state index >= 15 is 0 Å². The van der Waals surface area contributed by atoms with Gasteiger partial charge in [-0.1, -0.05) is 0 Å². The number of rotatable bonds is 5. The fraction of sp³-hybridized carbons (Fsp3) is 0.462. The SMILES string of the molecule is CCOC(=N)c1cc2c(s1)SCC(=O)N2CC(=O)NCC(F)(F)F.Cl. The van der Waals surface area contributed by atoms with Gasteiger partial charge in [0.15, 0.2) is 0 Å². The molecule has 1 aromatic rings. The molecule has 2 heterocycles. The van der Waals surface area contributed by atoms with Crippen molar-refractivity contribution in [1.82, 2.24) is 5.32 Å². The van der Waals surface area contributed by atoms with Crippen molar-refractivity contribution in [2.24, 2.45) is 0 Å². The molecule has 140 valence electrons. The number of hydrogen-bond acceptors (Lipinski definition) is 6. The van der Waals surface area contributed by atoms with Gasteiger partial charge in [-0.3, -0.25) is 15.0 Å². The van der Waals surface area contributed by atoms with Gasteiger partial charge in [-0.25, -0.2) is 0 Å². The topological polar surface area (TPSA) is 82.5 Å². The fourth-order valence-electron chi connectivity index (χ4n) is 1.89. The zero-order valence-electron chi connectivity index (χ0n) is 12.9. The molecule has 0 aliphatic carbocycles. The zero-order valence-corrected chi connectivity index (χ0v) is 15.4. The molecular weight excluding hydrogens is 403 g/mol. The number of anilines is 1. The summed E-state index contributed by atoms with van der Waals surface area (Å²) < 4.78 is 42.2. The number of hydrogen-bond donors (Lipinski definition) is 2. The Bertz CT molecular complexity index is 667. The predicted octanol–water partition coefficient (Wildman–Crippen LogP) is 2.65. The Morgan fingerprint density at radius 3 is 2.76 bits per heavy atom. The lowest BCUT2D eigenvalue weighted by molar-refractivity contribution is -0.137. The summed E-state index contributed by atoms with van der Waals surface area (Å²) in [5, 5.41) is 9.52. The lowest BCUT2D eigenvalue weighted by atomic mass is 10.3. The second-order valence-corrected chi connectivity index (χ2v) is 7.00. The molecule has 1 aliphatic heterocycles. The van der Waals surface area contributed by atoms with Crippen molar-refractivity contribution in [3.05, 3.63) is 10.9 Å². The molecule has 0 saturated carbocycles. The number of carbonyl (C=O) groups is 2. The summed E-state index contributed by atoms with van der Waals surface area (Å²) in [6, 6.07) is 1.54. The van der Waals surface area contributed by atoms with E-state index < -0.39 is 25.2 Å². The first-order valence-electron chi connectivity index (χ1n) is 6.83. The average molecular weight is 418 g/mol. The molecule has 1 aromatic heterocycles. The highest BCUT2D eigenvalue weighted by Gasteiger charge is 2.31. The maximum Gasteiger partial charge on any atom is 0.405 e.